The topological polar surface area (TPSA) is 42.0 Å². The van der Waals surface area contributed by atoms with Crippen molar-refractivity contribution in [3.8, 4) is 0 Å². The van der Waals surface area contributed by atoms with Crippen LogP contribution >= 0.6 is 0 Å². The maximum absolute atomic E-state index is 12.1. The molecule has 0 N–H and O–H groups in total. The molecule has 1 amide bonds. The van der Waals surface area contributed by atoms with E-state index >= 15 is 0 Å². The van der Waals surface area contributed by atoms with E-state index < -0.39 is 5.60 Å². The predicted molar refractivity (Wildman–Crippen MR) is 77.8 cm³/mol. The third kappa shape index (κ3) is 4.09. The van der Waals surface area contributed by atoms with Gasteiger partial charge in [0.15, 0.2) is 0 Å². The van der Waals surface area contributed by atoms with Gasteiger partial charge in [0.1, 0.15) is 5.60 Å². The normalized spacial score (nSPS) is 32.5. The summed E-state index contributed by atoms with van der Waals surface area (Å²) in [4.78, 5) is 16.4. The van der Waals surface area contributed by atoms with Crippen molar-refractivity contribution in [3.63, 3.8) is 0 Å². The van der Waals surface area contributed by atoms with Gasteiger partial charge in [-0.15, -0.1) is 0 Å². The Morgan fingerprint density at radius 3 is 2.30 bits per heavy atom. The maximum atomic E-state index is 12.1. The second-order valence-electron chi connectivity index (χ2n) is 7.08. The fourth-order valence-corrected chi connectivity index (χ4v) is 3.05. The lowest BCUT2D eigenvalue weighted by Gasteiger charge is -2.38. The number of carbonyl (C=O) groups is 1. The first-order valence-corrected chi connectivity index (χ1v) is 7.62. The summed E-state index contributed by atoms with van der Waals surface area (Å²) in [5.74, 6) is 0. The molecule has 116 valence electrons. The molecule has 0 saturated carbocycles. The van der Waals surface area contributed by atoms with Crippen molar-refractivity contribution in [2.45, 2.75) is 64.9 Å². The van der Waals surface area contributed by atoms with Crippen LogP contribution in [0.5, 0.6) is 0 Å². The smallest absolute Gasteiger partial charge is 0.410 e. The third-order valence-electron chi connectivity index (χ3n) is 3.78. The van der Waals surface area contributed by atoms with Gasteiger partial charge in [0, 0.05) is 32.2 Å². The molecular weight excluding hydrogens is 256 g/mol. The van der Waals surface area contributed by atoms with Gasteiger partial charge < -0.3 is 14.4 Å². The number of hydrogen-bond donors (Lipinski definition) is 0. The second-order valence-corrected chi connectivity index (χ2v) is 7.08. The Labute approximate surface area is 122 Å². The summed E-state index contributed by atoms with van der Waals surface area (Å²) in [5.41, 5.74) is -0.419. The number of rotatable bonds is 1. The Bertz CT molecular complexity index is 344. The highest BCUT2D eigenvalue weighted by atomic mass is 16.6. The summed E-state index contributed by atoms with van der Waals surface area (Å²) in [5, 5.41) is 0. The van der Waals surface area contributed by atoms with Crippen molar-refractivity contribution < 1.29 is 14.3 Å². The standard InChI is InChI=1S/C15H28N2O3/c1-11-8-17(9-12(2)19-11)13-6-7-16(10-13)14(18)20-15(3,4)5/h11-13H,6-10H2,1-5H3. The lowest BCUT2D eigenvalue weighted by atomic mass is 10.1. The highest BCUT2D eigenvalue weighted by Crippen LogP contribution is 2.22. The molecule has 3 unspecified atom stereocenters. The summed E-state index contributed by atoms with van der Waals surface area (Å²) >= 11 is 0. The predicted octanol–water partition coefficient (Wildman–Crippen LogP) is 2.10. The van der Waals surface area contributed by atoms with E-state index in [0.29, 0.717) is 6.04 Å². The van der Waals surface area contributed by atoms with Crippen LogP contribution < -0.4 is 0 Å². The van der Waals surface area contributed by atoms with Crippen molar-refractivity contribution >= 4 is 6.09 Å². The van der Waals surface area contributed by atoms with E-state index in [1.54, 1.807) is 0 Å². The summed E-state index contributed by atoms with van der Waals surface area (Å²) in [6, 6.07) is 0.441. The van der Waals surface area contributed by atoms with Crippen LogP contribution in [-0.4, -0.2) is 65.9 Å². The molecule has 5 nitrogen and oxygen atoms in total. The number of morpholine rings is 1. The molecule has 2 saturated heterocycles. The molecule has 5 heteroatoms. The van der Waals surface area contributed by atoms with Gasteiger partial charge in [-0.1, -0.05) is 0 Å². The number of carbonyl (C=O) groups excluding carboxylic acids is 1. The molecule has 0 aromatic heterocycles. The van der Waals surface area contributed by atoms with E-state index in [9.17, 15) is 4.79 Å². The van der Waals surface area contributed by atoms with Gasteiger partial charge in [-0.2, -0.15) is 0 Å². The minimum Gasteiger partial charge on any atom is -0.444 e. The molecule has 0 aliphatic carbocycles. The SMILES string of the molecule is CC1CN(C2CCN(C(=O)OC(C)(C)C)C2)CC(C)O1. The van der Waals surface area contributed by atoms with Crippen LogP contribution in [-0.2, 0) is 9.47 Å². The molecular formula is C15H28N2O3. The zero-order valence-corrected chi connectivity index (χ0v) is 13.4. The van der Waals surface area contributed by atoms with E-state index in [0.717, 1.165) is 32.6 Å². The summed E-state index contributed by atoms with van der Waals surface area (Å²) in [6.45, 7) is 13.4. The van der Waals surface area contributed by atoms with E-state index in [2.05, 4.69) is 18.7 Å². The molecule has 2 heterocycles. The minimum atomic E-state index is -0.419. The quantitative estimate of drug-likeness (QED) is 0.739. The summed E-state index contributed by atoms with van der Waals surface area (Å²) < 4.78 is 11.2. The van der Waals surface area contributed by atoms with Gasteiger partial charge in [-0.3, -0.25) is 4.90 Å². The van der Waals surface area contributed by atoms with Crippen LogP contribution in [0.1, 0.15) is 41.0 Å². The molecule has 20 heavy (non-hydrogen) atoms. The largest absolute Gasteiger partial charge is 0.444 e. The molecule has 2 aliphatic rings. The zero-order chi connectivity index (χ0) is 14.9. The Hall–Kier alpha value is -0.810. The molecule has 0 aromatic carbocycles. The van der Waals surface area contributed by atoms with Gasteiger partial charge in [0.25, 0.3) is 0 Å². The van der Waals surface area contributed by atoms with E-state index in [4.69, 9.17) is 9.47 Å². The Balaban J connectivity index is 1.87. The van der Waals surface area contributed by atoms with Crippen LogP contribution in [0.2, 0.25) is 0 Å². The first kappa shape index (κ1) is 15.6. The van der Waals surface area contributed by atoms with Crippen molar-refractivity contribution in [1.82, 2.24) is 9.80 Å². The highest BCUT2D eigenvalue weighted by Gasteiger charge is 2.35. The molecule has 0 spiro atoms. The van der Waals surface area contributed by atoms with E-state index in [1.807, 2.05) is 25.7 Å². The number of amides is 1. The number of hydrogen-bond acceptors (Lipinski definition) is 4. The van der Waals surface area contributed by atoms with Gasteiger partial charge in [0.05, 0.1) is 12.2 Å². The minimum absolute atomic E-state index is 0.186. The second kappa shape index (κ2) is 5.90. The molecule has 2 fully saturated rings. The fraction of sp³-hybridized carbons (Fsp3) is 0.933. The first-order chi connectivity index (χ1) is 9.24. The molecule has 0 aromatic rings. The lowest BCUT2D eigenvalue weighted by Crippen LogP contribution is -2.51. The summed E-state index contributed by atoms with van der Waals surface area (Å²) in [6.07, 6.45) is 1.39. The molecule has 0 radical (unpaired) electrons. The lowest BCUT2D eigenvalue weighted by molar-refractivity contribution is -0.0790. The van der Waals surface area contributed by atoms with Gasteiger partial charge in [0.2, 0.25) is 0 Å². The van der Waals surface area contributed by atoms with Crippen LogP contribution in [0.25, 0.3) is 0 Å². The molecule has 2 rings (SSSR count). The highest BCUT2D eigenvalue weighted by molar-refractivity contribution is 5.68. The number of nitrogens with zero attached hydrogens (tertiary/aromatic N) is 2. The van der Waals surface area contributed by atoms with Crippen molar-refractivity contribution in [3.05, 3.63) is 0 Å². The average Bonchev–Trinajstić information content (AvgIpc) is 2.74. The van der Waals surface area contributed by atoms with E-state index in [-0.39, 0.29) is 18.3 Å². The summed E-state index contributed by atoms with van der Waals surface area (Å²) in [7, 11) is 0. The van der Waals surface area contributed by atoms with Crippen LogP contribution in [0, 0.1) is 0 Å². The Kier molecular flexibility index (Phi) is 4.59. The molecule has 3 atom stereocenters. The van der Waals surface area contributed by atoms with Crippen molar-refractivity contribution in [2.75, 3.05) is 26.2 Å². The van der Waals surface area contributed by atoms with Crippen LogP contribution in [0.15, 0.2) is 0 Å². The van der Waals surface area contributed by atoms with Crippen molar-refractivity contribution in [1.29, 1.82) is 0 Å². The van der Waals surface area contributed by atoms with E-state index in [1.165, 1.54) is 0 Å². The Morgan fingerprint density at radius 2 is 1.75 bits per heavy atom. The van der Waals surface area contributed by atoms with Gasteiger partial charge in [-0.05, 0) is 41.0 Å². The van der Waals surface area contributed by atoms with Crippen LogP contribution in [0.4, 0.5) is 4.79 Å². The Morgan fingerprint density at radius 1 is 1.15 bits per heavy atom. The average molecular weight is 284 g/mol. The zero-order valence-electron chi connectivity index (χ0n) is 13.4. The molecule has 2 aliphatic heterocycles. The molecule has 0 bridgehead atoms. The fourth-order valence-electron chi connectivity index (χ4n) is 3.05. The number of likely N-dealkylation sites (tertiary alicyclic amines) is 1. The monoisotopic (exact) mass is 284 g/mol. The number of ether oxygens (including phenoxy) is 2. The van der Waals surface area contributed by atoms with Gasteiger partial charge >= 0.3 is 6.09 Å². The third-order valence-corrected chi connectivity index (χ3v) is 3.78. The van der Waals surface area contributed by atoms with Crippen LogP contribution in [0.3, 0.4) is 0 Å². The van der Waals surface area contributed by atoms with Gasteiger partial charge in [-0.25, -0.2) is 4.79 Å². The maximum Gasteiger partial charge on any atom is 0.410 e. The first-order valence-electron chi connectivity index (χ1n) is 7.62. The van der Waals surface area contributed by atoms with Crippen molar-refractivity contribution in [2.24, 2.45) is 0 Å².